The number of hydrogen-bond acceptors (Lipinski definition) is 4. The van der Waals surface area contributed by atoms with Crippen LogP contribution in [0.4, 0.5) is 0 Å². The minimum Gasteiger partial charge on any atom is -0.370 e. The lowest BCUT2D eigenvalue weighted by Gasteiger charge is -2.37. The van der Waals surface area contributed by atoms with Gasteiger partial charge in [-0.1, -0.05) is 25.5 Å². The molecule has 0 radical (unpaired) electrons. The van der Waals surface area contributed by atoms with Gasteiger partial charge in [-0.2, -0.15) is 0 Å². The van der Waals surface area contributed by atoms with Gasteiger partial charge in [-0.25, -0.2) is 4.68 Å². The van der Waals surface area contributed by atoms with Gasteiger partial charge in [0, 0.05) is 13.7 Å². The molecule has 1 aliphatic rings. The monoisotopic (exact) mass is 265 g/mol. The van der Waals surface area contributed by atoms with Crippen LogP contribution in [0.1, 0.15) is 56.4 Å². The Labute approximate surface area is 114 Å². The molecule has 0 bridgehead atoms. The number of aromatic nitrogens is 3. The number of rotatable bonds is 5. The van der Waals surface area contributed by atoms with Gasteiger partial charge >= 0.3 is 0 Å². The fourth-order valence-corrected chi connectivity index (χ4v) is 3.03. The van der Waals surface area contributed by atoms with Gasteiger partial charge in [0.05, 0.1) is 6.20 Å². The highest BCUT2D eigenvalue weighted by Crippen LogP contribution is 2.37. The maximum atomic E-state index is 12.8. The van der Waals surface area contributed by atoms with Crippen molar-refractivity contribution in [3.63, 3.8) is 0 Å². The maximum absolute atomic E-state index is 12.8. The summed E-state index contributed by atoms with van der Waals surface area (Å²) in [7, 11) is 1.64. The van der Waals surface area contributed by atoms with Gasteiger partial charge < -0.3 is 4.74 Å². The highest BCUT2D eigenvalue weighted by atomic mass is 16.5. The Morgan fingerprint density at radius 3 is 3.05 bits per heavy atom. The quantitative estimate of drug-likeness (QED) is 0.767. The van der Waals surface area contributed by atoms with Gasteiger partial charge in [0.25, 0.3) is 0 Å². The van der Waals surface area contributed by atoms with E-state index < -0.39 is 5.60 Å². The van der Waals surface area contributed by atoms with Crippen molar-refractivity contribution in [2.75, 3.05) is 7.11 Å². The lowest BCUT2D eigenvalue weighted by atomic mass is 9.75. The second-order valence-corrected chi connectivity index (χ2v) is 5.57. The molecule has 0 N–H and O–H groups in total. The molecule has 0 spiro atoms. The standard InChI is InChI=1S/C14H23N3O2/c1-4-8-17-12(10-15-16-17)13(18)14(19-3)7-5-6-11(2)9-14/h10-11H,4-9H2,1-3H3. The van der Waals surface area contributed by atoms with Crippen molar-refractivity contribution >= 4 is 5.78 Å². The summed E-state index contributed by atoms with van der Waals surface area (Å²) in [6.07, 6.45) is 6.29. The van der Waals surface area contributed by atoms with Crippen LogP contribution in [0.3, 0.4) is 0 Å². The smallest absolute Gasteiger partial charge is 0.214 e. The summed E-state index contributed by atoms with van der Waals surface area (Å²) in [4.78, 5) is 12.8. The summed E-state index contributed by atoms with van der Waals surface area (Å²) >= 11 is 0. The summed E-state index contributed by atoms with van der Waals surface area (Å²) in [6.45, 7) is 4.96. The van der Waals surface area contributed by atoms with Gasteiger partial charge in [0.2, 0.25) is 5.78 Å². The summed E-state index contributed by atoms with van der Waals surface area (Å²) in [5, 5.41) is 7.87. The predicted octanol–water partition coefficient (Wildman–Crippen LogP) is 2.47. The minimum absolute atomic E-state index is 0.0417. The predicted molar refractivity (Wildman–Crippen MR) is 72.0 cm³/mol. The van der Waals surface area contributed by atoms with Crippen LogP contribution in [0.25, 0.3) is 0 Å². The topological polar surface area (TPSA) is 57.0 Å². The van der Waals surface area contributed by atoms with Crippen molar-refractivity contribution in [1.29, 1.82) is 0 Å². The zero-order valence-electron chi connectivity index (χ0n) is 12.1. The summed E-state index contributed by atoms with van der Waals surface area (Å²) < 4.78 is 7.35. The van der Waals surface area contributed by atoms with Gasteiger partial charge in [0.15, 0.2) is 0 Å². The number of carbonyl (C=O) groups excluding carboxylic acids is 1. The van der Waals surface area contributed by atoms with E-state index in [0.29, 0.717) is 11.6 Å². The molecule has 2 rings (SSSR count). The Morgan fingerprint density at radius 1 is 1.63 bits per heavy atom. The van der Waals surface area contributed by atoms with Crippen LogP contribution in [-0.4, -0.2) is 33.5 Å². The van der Waals surface area contributed by atoms with Crippen molar-refractivity contribution in [3.8, 4) is 0 Å². The fraction of sp³-hybridized carbons (Fsp3) is 0.786. The molecule has 0 saturated heterocycles. The van der Waals surface area contributed by atoms with Crippen molar-refractivity contribution in [2.24, 2.45) is 5.92 Å². The zero-order chi connectivity index (χ0) is 13.9. The summed E-state index contributed by atoms with van der Waals surface area (Å²) in [5.41, 5.74) is -0.0944. The number of ketones is 1. The van der Waals surface area contributed by atoms with Crippen molar-refractivity contribution in [2.45, 2.75) is 58.1 Å². The number of ether oxygens (including phenoxy) is 1. The average Bonchev–Trinajstić information content (AvgIpc) is 2.86. The molecule has 5 heteroatoms. The molecular weight excluding hydrogens is 242 g/mol. The van der Waals surface area contributed by atoms with E-state index in [1.54, 1.807) is 18.0 Å². The molecule has 0 aromatic carbocycles. The molecule has 5 nitrogen and oxygen atoms in total. The Kier molecular flexibility index (Phi) is 4.34. The minimum atomic E-state index is -0.676. The fourth-order valence-electron chi connectivity index (χ4n) is 3.03. The molecule has 2 atom stereocenters. The molecule has 1 aromatic rings. The van der Waals surface area contributed by atoms with Crippen molar-refractivity contribution in [3.05, 3.63) is 11.9 Å². The Hall–Kier alpha value is -1.23. The third-order valence-electron chi connectivity index (χ3n) is 4.05. The molecule has 1 aromatic heterocycles. The van der Waals surface area contributed by atoms with Crippen LogP contribution in [0.15, 0.2) is 6.20 Å². The van der Waals surface area contributed by atoms with E-state index in [4.69, 9.17) is 4.74 Å². The molecule has 0 amide bonds. The van der Waals surface area contributed by atoms with Crippen LogP contribution in [-0.2, 0) is 11.3 Å². The summed E-state index contributed by atoms with van der Waals surface area (Å²) in [5.74, 6) is 0.563. The van der Waals surface area contributed by atoms with E-state index in [1.807, 2.05) is 0 Å². The van der Waals surface area contributed by atoms with E-state index in [9.17, 15) is 4.79 Å². The summed E-state index contributed by atoms with van der Waals surface area (Å²) in [6, 6.07) is 0. The van der Waals surface area contributed by atoms with Gasteiger partial charge in [-0.05, 0) is 31.6 Å². The highest BCUT2D eigenvalue weighted by molar-refractivity contribution is 6.01. The number of carbonyl (C=O) groups is 1. The van der Waals surface area contributed by atoms with Crippen LogP contribution in [0.5, 0.6) is 0 Å². The SMILES string of the molecule is CCCn1nncc1C(=O)C1(OC)CCCC(C)C1. The number of nitrogens with zero attached hydrogens (tertiary/aromatic N) is 3. The zero-order valence-corrected chi connectivity index (χ0v) is 12.1. The van der Waals surface area contributed by atoms with Crippen molar-refractivity contribution in [1.82, 2.24) is 15.0 Å². The molecule has 106 valence electrons. The lowest BCUT2D eigenvalue weighted by molar-refractivity contribution is -0.0309. The van der Waals surface area contributed by atoms with E-state index in [-0.39, 0.29) is 5.78 Å². The third-order valence-corrected chi connectivity index (χ3v) is 4.05. The Morgan fingerprint density at radius 2 is 2.42 bits per heavy atom. The van der Waals surface area contributed by atoms with Crippen LogP contribution >= 0.6 is 0 Å². The second-order valence-electron chi connectivity index (χ2n) is 5.57. The first-order chi connectivity index (χ1) is 9.13. The van der Waals surface area contributed by atoms with E-state index in [2.05, 4.69) is 24.2 Å². The van der Waals surface area contributed by atoms with E-state index in [0.717, 1.165) is 32.2 Å². The van der Waals surface area contributed by atoms with E-state index >= 15 is 0 Å². The largest absolute Gasteiger partial charge is 0.370 e. The average molecular weight is 265 g/mol. The highest BCUT2D eigenvalue weighted by Gasteiger charge is 2.43. The molecule has 0 aliphatic heterocycles. The first-order valence-corrected chi connectivity index (χ1v) is 7.11. The molecular formula is C14H23N3O2. The number of Topliss-reactive ketones (excluding diaryl/α,β-unsaturated/α-hetero) is 1. The van der Waals surface area contributed by atoms with Crippen molar-refractivity contribution < 1.29 is 9.53 Å². The molecule has 1 aliphatic carbocycles. The number of aryl methyl sites for hydroxylation is 1. The lowest BCUT2D eigenvalue weighted by Crippen LogP contribution is -2.45. The van der Waals surface area contributed by atoms with E-state index in [1.165, 1.54) is 6.42 Å². The molecule has 19 heavy (non-hydrogen) atoms. The molecule has 1 heterocycles. The van der Waals surface area contributed by atoms with Crippen LogP contribution in [0.2, 0.25) is 0 Å². The number of hydrogen-bond donors (Lipinski definition) is 0. The normalized spacial score (nSPS) is 27.4. The Bertz CT molecular complexity index is 444. The van der Waals surface area contributed by atoms with Gasteiger partial charge in [0.1, 0.15) is 11.3 Å². The van der Waals surface area contributed by atoms with Crippen LogP contribution < -0.4 is 0 Å². The first kappa shape index (κ1) is 14.2. The molecule has 1 fully saturated rings. The van der Waals surface area contributed by atoms with Gasteiger partial charge in [-0.3, -0.25) is 4.79 Å². The molecule has 1 saturated carbocycles. The maximum Gasteiger partial charge on any atom is 0.214 e. The van der Waals surface area contributed by atoms with Crippen LogP contribution in [0, 0.1) is 5.92 Å². The first-order valence-electron chi connectivity index (χ1n) is 7.11. The van der Waals surface area contributed by atoms with Gasteiger partial charge in [-0.15, -0.1) is 5.10 Å². The third kappa shape index (κ3) is 2.71. The number of methoxy groups -OCH3 is 1. The Balaban J connectivity index is 2.27. The second kappa shape index (κ2) is 5.82. The molecule has 2 unspecified atom stereocenters.